The first-order valence-electron chi connectivity index (χ1n) is 10.4. The van der Waals surface area contributed by atoms with Crippen LogP contribution in [0.1, 0.15) is 56.1 Å². The van der Waals surface area contributed by atoms with Crippen molar-refractivity contribution in [3.05, 3.63) is 59.7 Å². The van der Waals surface area contributed by atoms with Gasteiger partial charge in [0, 0.05) is 12.0 Å². The maximum absolute atomic E-state index is 12.6. The van der Waals surface area contributed by atoms with Gasteiger partial charge in [-0.2, -0.15) is 0 Å². The number of benzene rings is 2. The Morgan fingerprint density at radius 3 is 2.21 bits per heavy atom. The van der Waals surface area contributed by atoms with Gasteiger partial charge in [-0.15, -0.1) is 0 Å². The molecule has 1 fully saturated rings. The van der Waals surface area contributed by atoms with Crippen LogP contribution in [0.3, 0.4) is 0 Å². The van der Waals surface area contributed by atoms with E-state index >= 15 is 0 Å². The van der Waals surface area contributed by atoms with Crippen molar-refractivity contribution in [3.63, 3.8) is 0 Å². The molecular formula is C24H27NO4. The zero-order valence-electron chi connectivity index (χ0n) is 16.7. The Bertz CT molecular complexity index is 873. The van der Waals surface area contributed by atoms with Gasteiger partial charge in [-0.1, -0.05) is 61.9 Å². The zero-order chi connectivity index (χ0) is 20.4. The van der Waals surface area contributed by atoms with Gasteiger partial charge in [0.15, 0.2) is 0 Å². The minimum Gasteiger partial charge on any atom is -0.481 e. The van der Waals surface area contributed by atoms with Crippen LogP contribution in [0.2, 0.25) is 0 Å². The van der Waals surface area contributed by atoms with Gasteiger partial charge in [-0.05, 0) is 46.9 Å². The quantitative estimate of drug-likeness (QED) is 0.665. The lowest BCUT2D eigenvalue weighted by Crippen LogP contribution is -2.43. The van der Waals surface area contributed by atoms with E-state index in [1.165, 1.54) is 11.1 Å². The number of carbonyl (C=O) groups excluding carboxylic acids is 1. The smallest absolute Gasteiger partial charge is 0.407 e. The number of carboxylic acid groups (broad SMARTS) is 1. The van der Waals surface area contributed by atoms with E-state index in [1.807, 2.05) is 24.3 Å². The van der Waals surface area contributed by atoms with E-state index in [4.69, 9.17) is 4.74 Å². The minimum absolute atomic E-state index is 0.00315. The highest BCUT2D eigenvalue weighted by molar-refractivity contribution is 5.79. The first kappa shape index (κ1) is 19.5. The number of carbonyl (C=O) groups is 2. The predicted molar refractivity (Wildman–Crippen MR) is 111 cm³/mol. The minimum atomic E-state index is -0.892. The fourth-order valence-corrected chi connectivity index (χ4v) is 4.81. The molecule has 0 aliphatic heterocycles. The zero-order valence-corrected chi connectivity index (χ0v) is 16.7. The summed E-state index contributed by atoms with van der Waals surface area (Å²) in [4.78, 5) is 23.9. The molecule has 1 amide bonds. The van der Waals surface area contributed by atoms with Crippen molar-refractivity contribution >= 4 is 12.1 Å². The van der Waals surface area contributed by atoms with E-state index in [1.54, 1.807) is 0 Å². The maximum atomic E-state index is 12.6. The summed E-state index contributed by atoms with van der Waals surface area (Å²) in [5.41, 5.74) is 4.60. The summed E-state index contributed by atoms with van der Waals surface area (Å²) in [6.07, 6.45) is 3.23. The first-order chi connectivity index (χ1) is 14.0. The van der Waals surface area contributed by atoms with Gasteiger partial charge in [0.1, 0.15) is 6.61 Å². The van der Waals surface area contributed by atoms with Crippen LogP contribution in [0, 0.1) is 5.41 Å². The first-order valence-corrected chi connectivity index (χ1v) is 10.4. The standard InChI is InChI=1S/C24H27NO4/c1-2-11-24(12-13-24)21(14-22(26)27)25-23(28)29-15-20-18-9-5-3-7-16(18)17-8-4-6-10-19(17)20/h3-10,20-21H,2,11-15H2,1H3,(H,25,28)(H,26,27). The molecule has 0 bridgehead atoms. The molecule has 2 N–H and O–H groups in total. The predicted octanol–water partition coefficient (Wildman–Crippen LogP) is 4.95. The van der Waals surface area contributed by atoms with Gasteiger partial charge >= 0.3 is 12.1 Å². The molecule has 4 rings (SSSR count). The van der Waals surface area contributed by atoms with Crippen molar-refractivity contribution in [2.24, 2.45) is 5.41 Å². The molecule has 2 aliphatic rings. The number of hydrogen-bond acceptors (Lipinski definition) is 3. The highest BCUT2D eigenvalue weighted by Gasteiger charge is 2.49. The van der Waals surface area contributed by atoms with Crippen molar-refractivity contribution in [3.8, 4) is 11.1 Å². The molecule has 29 heavy (non-hydrogen) atoms. The highest BCUT2D eigenvalue weighted by Crippen LogP contribution is 2.53. The van der Waals surface area contributed by atoms with Crippen molar-refractivity contribution in [1.82, 2.24) is 5.32 Å². The summed E-state index contributed by atoms with van der Waals surface area (Å²) in [7, 11) is 0. The Kier molecular flexibility index (Phi) is 5.31. The lowest BCUT2D eigenvalue weighted by molar-refractivity contribution is -0.138. The third-order valence-corrected chi connectivity index (χ3v) is 6.39. The van der Waals surface area contributed by atoms with Crippen molar-refractivity contribution < 1.29 is 19.4 Å². The van der Waals surface area contributed by atoms with Gasteiger partial charge in [-0.3, -0.25) is 4.79 Å². The molecule has 2 aromatic rings. The average molecular weight is 393 g/mol. The normalized spacial score (nSPS) is 17.1. The molecule has 1 unspecified atom stereocenters. The number of carboxylic acids is 1. The maximum Gasteiger partial charge on any atom is 0.407 e. The number of rotatable bonds is 8. The van der Waals surface area contributed by atoms with E-state index in [0.717, 1.165) is 36.8 Å². The topological polar surface area (TPSA) is 75.6 Å². The molecule has 1 atom stereocenters. The third-order valence-electron chi connectivity index (χ3n) is 6.39. The largest absolute Gasteiger partial charge is 0.481 e. The van der Waals surface area contributed by atoms with Crippen LogP contribution < -0.4 is 5.32 Å². The molecule has 2 aromatic carbocycles. The van der Waals surface area contributed by atoms with Crippen LogP contribution in [0.15, 0.2) is 48.5 Å². The van der Waals surface area contributed by atoms with Gasteiger partial charge in [0.05, 0.1) is 6.42 Å². The molecular weight excluding hydrogens is 366 g/mol. The highest BCUT2D eigenvalue weighted by atomic mass is 16.5. The van der Waals surface area contributed by atoms with E-state index in [9.17, 15) is 14.7 Å². The summed E-state index contributed by atoms with van der Waals surface area (Å²) in [5.74, 6) is -0.895. The molecule has 5 nitrogen and oxygen atoms in total. The van der Waals surface area contributed by atoms with Crippen LogP contribution in [0.4, 0.5) is 4.79 Å². The number of nitrogens with one attached hydrogen (secondary N) is 1. The molecule has 0 heterocycles. The molecule has 0 spiro atoms. The van der Waals surface area contributed by atoms with Crippen molar-refractivity contribution in [2.45, 2.75) is 51.0 Å². The summed E-state index contributed by atoms with van der Waals surface area (Å²) < 4.78 is 5.61. The van der Waals surface area contributed by atoms with E-state index < -0.39 is 12.1 Å². The van der Waals surface area contributed by atoms with Crippen LogP contribution in [0.25, 0.3) is 11.1 Å². The molecule has 152 valence electrons. The molecule has 1 saturated carbocycles. The summed E-state index contributed by atoms with van der Waals surface area (Å²) in [5, 5.41) is 12.2. The van der Waals surface area contributed by atoms with Gasteiger partial charge < -0.3 is 15.2 Å². The Morgan fingerprint density at radius 1 is 1.10 bits per heavy atom. The molecule has 0 radical (unpaired) electrons. The average Bonchev–Trinajstić information content (AvgIpc) is 3.42. The van der Waals surface area contributed by atoms with E-state index in [0.29, 0.717) is 0 Å². The van der Waals surface area contributed by atoms with Crippen LogP contribution in [-0.2, 0) is 9.53 Å². The fourth-order valence-electron chi connectivity index (χ4n) is 4.81. The van der Waals surface area contributed by atoms with Crippen LogP contribution >= 0.6 is 0 Å². The number of amides is 1. The monoisotopic (exact) mass is 393 g/mol. The molecule has 0 aromatic heterocycles. The number of aliphatic carboxylic acids is 1. The summed E-state index contributed by atoms with van der Waals surface area (Å²) in [6.45, 7) is 2.33. The van der Waals surface area contributed by atoms with Gasteiger partial charge in [0.25, 0.3) is 0 Å². The molecule has 0 saturated heterocycles. The number of ether oxygens (including phenoxy) is 1. The number of alkyl carbamates (subject to hydrolysis) is 1. The lowest BCUT2D eigenvalue weighted by atomic mass is 9.89. The Balaban J connectivity index is 1.45. The second-order valence-electron chi connectivity index (χ2n) is 8.23. The third kappa shape index (κ3) is 3.86. The Hall–Kier alpha value is -2.82. The van der Waals surface area contributed by atoms with E-state index in [2.05, 4.69) is 36.5 Å². The number of fused-ring (bicyclic) bond motifs is 3. The second kappa shape index (κ2) is 7.90. The lowest BCUT2D eigenvalue weighted by Gasteiger charge is -2.26. The van der Waals surface area contributed by atoms with Gasteiger partial charge in [0.2, 0.25) is 0 Å². The SMILES string of the molecule is CCCC1(C(CC(=O)O)NC(=O)OCC2c3ccccc3-c3ccccc32)CC1. The van der Waals surface area contributed by atoms with Crippen molar-refractivity contribution in [2.75, 3.05) is 6.61 Å². The van der Waals surface area contributed by atoms with Gasteiger partial charge in [-0.25, -0.2) is 4.79 Å². The van der Waals surface area contributed by atoms with E-state index in [-0.39, 0.29) is 30.4 Å². The second-order valence-corrected chi connectivity index (χ2v) is 8.23. The number of hydrogen-bond donors (Lipinski definition) is 2. The summed E-state index contributed by atoms with van der Waals surface area (Å²) in [6, 6.07) is 16.0. The Labute approximate surface area is 171 Å². The fraction of sp³-hybridized carbons (Fsp3) is 0.417. The Morgan fingerprint density at radius 2 is 1.69 bits per heavy atom. The van der Waals surface area contributed by atoms with Crippen molar-refractivity contribution in [1.29, 1.82) is 0 Å². The van der Waals surface area contributed by atoms with Crippen LogP contribution in [-0.4, -0.2) is 29.8 Å². The molecule has 5 heteroatoms. The summed E-state index contributed by atoms with van der Waals surface area (Å²) >= 11 is 0. The van der Waals surface area contributed by atoms with Crippen LogP contribution in [0.5, 0.6) is 0 Å². The molecule has 2 aliphatic carbocycles.